The first-order valence-electron chi connectivity index (χ1n) is 19.0. The zero-order valence-electron chi connectivity index (χ0n) is 30.7. The van der Waals surface area contributed by atoms with E-state index in [-0.39, 0.29) is 5.41 Å². The fourth-order valence-corrected chi connectivity index (χ4v) is 9.31. The van der Waals surface area contributed by atoms with E-state index in [0.717, 1.165) is 41.4 Å². The Bertz CT molecular complexity index is 2560. The minimum Gasteiger partial charge on any atom is -0.457 e. The number of allylic oxidation sites excluding steroid dienone is 4. The van der Waals surface area contributed by atoms with Gasteiger partial charge < -0.3 is 9.64 Å². The second-order valence-corrected chi connectivity index (χ2v) is 15.3. The monoisotopic (exact) mass is 695 g/mol. The summed E-state index contributed by atoms with van der Waals surface area (Å²) in [6.45, 7) is 4.72. The lowest BCUT2D eigenvalue weighted by molar-refractivity contribution is 0.417. The third-order valence-electron chi connectivity index (χ3n) is 11.9. The number of hydrogen-bond donors (Lipinski definition) is 0. The summed E-state index contributed by atoms with van der Waals surface area (Å²) in [5.41, 5.74) is 15.8. The van der Waals surface area contributed by atoms with Crippen molar-refractivity contribution in [2.24, 2.45) is 0 Å². The molecule has 10 rings (SSSR count). The summed E-state index contributed by atoms with van der Waals surface area (Å²) in [5.74, 6) is 1.85. The van der Waals surface area contributed by atoms with Gasteiger partial charge in [-0.15, -0.1) is 0 Å². The smallest absolute Gasteiger partial charge is 0.131 e. The molecule has 0 aromatic heterocycles. The van der Waals surface area contributed by atoms with Gasteiger partial charge in [-0.05, 0) is 106 Å². The molecule has 7 aromatic rings. The van der Waals surface area contributed by atoms with Gasteiger partial charge in [0.15, 0.2) is 0 Å². The number of nitrogens with zero attached hydrogens (tertiary/aromatic N) is 1. The van der Waals surface area contributed by atoms with E-state index in [1.165, 1.54) is 55.6 Å². The van der Waals surface area contributed by atoms with Gasteiger partial charge in [0.2, 0.25) is 0 Å². The van der Waals surface area contributed by atoms with Crippen LogP contribution in [0.3, 0.4) is 0 Å². The zero-order chi connectivity index (χ0) is 36.3. The normalized spacial score (nSPS) is 16.6. The summed E-state index contributed by atoms with van der Waals surface area (Å²) in [6, 6.07) is 60.0. The topological polar surface area (TPSA) is 12.5 Å². The molecular formula is C52H41NO. The van der Waals surface area contributed by atoms with Gasteiger partial charge in [0.25, 0.3) is 0 Å². The average molecular weight is 696 g/mol. The molecule has 2 aliphatic carbocycles. The molecular weight excluding hydrogens is 655 g/mol. The van der Waals surface area contributed by atoms with Crippen LogP contribution in [0.4, 0.5) is 17.1 Å². The maximum Gasteiger partial charge on any atom is 0.131 e. The second-order valence-electron chi connectivity index (χ2n) is 15.3. The molecule has 260 valence electrons. The first-order chi connectivity index (χ1) is 26.5. The number of fused-ring (bicyclic) bond motifs is 9. The van der Waals surface area contributed by atoms with Crippen LogP contribution in [-0.2, 0) is 17.3 Å². The Morgan fingerprint density at radius 1 is 0.463 bits per heavy atom. The molecule has 1 heterocycles. The molecule has 0 saturated heterocycles. The van der Waals surface area contributed by atoms with Crippen LogP contribution in [0.25, 0.3) is 22.3 Å². The summed E-state index contributed by atoms with van der Waals surface area (Å²) >= 11 is 0. The van der Waals surface area contributed by atoms with Gasteiger partial charge in [0, 0.05) is 33.6 Å². The molecule has 0 N–H and O–H groups in total. The molecule has 1 spiro atoms. The van der Waals surface area contributed by atoms with Crippen LogP contribution in [0, 0.1) is 0 Å². The quantitative estimate of drug-likeness (QED) is 0.182. The van der Waals surface area contributed by atoms with Crippen molar-refractivity contribution in [3.05, 3.63) is 221 Å². The predicted octanol–water partition coefficient (Wildman–Crippen LogP) is 13.6. The molecule has 0 amide bonds. The van der Waals surface area contributed by atoms with Gasteiger partial charge in [-0.3, -0.25) is 0 Å². The first-order valence-corrected chi connectivity index (χ1v) is 19.0. The van der Waals surface area contributed by atoms with Crippen molar-refractivity contribution >= 4 is 17.1 Å². The molecule has 0 unspecified atom stereocenters. The van der Waals surface area contributed by atoms with E-state index in [1.807, 2.05) is 0 Å². The number of para-hydroxylation sites is 2. The Morgan fingerprint density at radius 2 is 1.04 bits per heavy atom. The molecule has 0 saturated carbocycles. The van der Waals surface area contributed by atoms with Crippen LogP contribution in [-0.4, -0.2) is 0 Å². The third kappa shape index (κ3) is 5.01. The van der Waals surface area contributed by atoms with Crippen molar-refractivity contribution in [3.8, 4) is 33.8 Å². The van der Waals surface area contributed by atoms with Crippen LogP contribution in [0.5, 0.6) is 11.5 Å². The summed E-state index contributed by atoms with van der Waals surface area (Å²) in [4.78, 5) is 2.45. The van der Waals surface area contributed by atoms with Crippen LogP contribution in [0.1, 0.15) is 53.6 Å². The molecule has 2 nitrogen and oxygen atoms in total. The lowest BCUT2D eigenvalue weighted by Crippen LogP contribution is -2.33. The SMILES string of the molecule is CC1(C)c2ccccc2-c2ccc(N(c3ccc(-c4ccccc4)cc3)c3ccc4c(c3)C/C=C\C=C/CC43c4ccccc4Oc4ccccc43)cc21. The summed E-state index contributed by atoms with van der Waals surface area (Å²) in [5, 5.41) is 0. The molecule has 0 atom stereocenters. The summed E-state index contributed by atoms with van der Waals surface area (Å²) < 4.78 is 6.57. The standard InChI is InChI=1S/C52H41NO/c1-51(2)45-20-10-9-19-42(45)43-31-29-41(35-48(43)51)53(39-27-25-37(26-28-39)36-16-7-5-8-17-36)40-30-32-44-38(34-40)18-6-3-4-15-33-52(44)46-21-11-13-23-49(46)54-50-24-14-12-22-47(50)52/h3-17,19-32,34-35H,18,33H2,1-2H3/b6-3-,15-4-. The second kappa shape index (κ2) is 12.6. The number of benzene rings is 7. The highest BCUT2D eigenvalue weighted by atomic mass is 16.5. The van der Waals surface area contributed by atoms with Crippen LogP contribution in [0.15, 0.2) is 188 Å². The molecule has 54 heavy (non-hydrogen) atoms. The van der Waals surface area contributed by atoms with Crippen molar-refractivity contribution in [1.82, 2.24) is 0 Å². The molecule has 0 fully saturated rings. The van der Waals surface area contributed by atoms with E-state index in [2.05, 4.69) is 207 Å². The molecule has 1 aliphatic heterocycles. The Hall–Kier alpha value is -6.38. The van der Waals surface area contributed by atoms with Gasteiger partial charge in [0.1, 0.15) is 11.5 Å². The number of ether oxygens (including phenoxy) is 1. The Labute approximate surface area is 318 Å². The van der Waals surface area contributed by atoms with Crippen LogP contribution in [0.2, 0.25) is 0 Å². The fourth-order valence-electron chi connectivity index (χ4n) is 9.31. The zero-order valence-corrected chi connectivity index (χ0v) is 30.7. The van der Waals surface area contributed by atoms with Gasteiger partial charge in [0.05, 0.1) is 5.41 Å². The maximum atomic E-state index is 6.57. The number of hydrogen-bond acceptors (Lipinski definition) is 2. The van der Waals surface area contributed by atoms with Crippen molar-refractivity contribution in [1.29, 1.82) is 0 Å². The largest absolute Gasteiger partial charge is 0.457 e. The van der Waals surface area contributed by atoms with Gasteiger partial charge in [-0.1, -0.05) is 153 Å². The van der Waals surface area contributed by atoms with E-state index in [1.54, 1.807) is 0 Å². The first kappa shape index (κ1) is 32.3. The minimum absolute atomic E-state index is 0.108. The molecule has 3 aliphatic rings. The van der Waals surface area contributed by atoms with Crippen molar-refractivity contribution < 1.29 is 4.74 Å². The van der Waals surface area contributed by atoms with Gasteiger partial charge >= 0.3 is 0 Å². The molecule has 2 heteroatoms. The molecule has 7 aromatic carbocycles. The Balaban J connectivity index is 1.17. The lowest BCUT2D eigenvalue weighted by Gasteiger charge is -2.41. The van der Waals surface area contributed by atoms with E-state index in [4.69, 9.17) is 4.74 Å². The van der Waals surface area contributed by atoms with E-state index in [9.17, 15) is 0 Å². The van der Waals surface area contributed by atoms with Gasteiger partial charge in [-0.2, -0.15) is 0 Å². The van der Waals surface area contributed by atoms with E-state index in [0.29, 0.717) is 0 Å². The average Bonchev–Trinajstić information content (AvgIpc) is 3.49. The van der Waals surface area contributed by atoms with Crippen molar-refractivity contribution in [2.45, 2.75) is 37.5 Å². The molecule has 0 radical (unpaired) electrons. The van der Waals surface area contributed by atoms with Gasteiger partial charge in [-0.25, -0.2) is 0 Å². The van der Waals surface area contributed by atoms with E-state index >= 15 is 0 Å². The number of rotatable bonds is 4. The summed E-state index contributed by atoms with van der Waals surface area (Å²) in [7, 11) is 0. The van der Waals surface area contributed by atoms with Crippen molar-refractivity contribution in [3.63, 3.8) is 0 Å². The third-order valence-corrected chi connectivity index (χ3v) is 11.9. The maximum absolute atomic E-state index is 6.57. The van der Waals surface area contributed by atoms with Crippen LogP contribution < -0.4 is 9.64 Å². The number of anilines is 3. The Kier molecular flexibility index (Phi) is 7.56. The summed E-state index contributed by atoms with van der Waals surface area (Å²) in [6.07, 6.45) is 10.7. The fraction of sp³-hybridized carbons (Fsp3) is 0.115. The highest BCUT2D eigenvalue weighted by Crippen LogP contribution is 2.56. The Morgan fingerprint density at radius 3 is 1.80 bits per heavy atom. The minimum atomic E-state index is -0.409. The van der Waals surface area contributed by atoms with Crippen LogP contribution >= 0.6 is 0 Å². The molecule has 0 bridgehead atoms. The predicted molar refractivity (Wildman–Crippen MR) is 224 cm³/mol. The highest BCUT2D eigenvalue weighted by Gasteiger charge is 2.44. The van der Waals surface area contributed by atoms with Crippen molar-refractivity contribution in [2.75, 3.05) is 4.90 Å². The lowest BCUT2D eigenvalue weighted by atomic mass is 9.64. The highest BCUT2D eigenvalue weighted by molar-refractivity contribution is 5.86. The van der Waals surface area contributed by atoms with E-state index < -0.39 is 5.41 Å².